The molecule has 11 heteroatoms. The van der Waals surface area contributed by atoms with Gasteiger partial charge in [0.05, 0.1) is 12.0 Å². The largest absolute Gasteiger partial charge is 0.467 e. The number of carbonyl (C=O) groups excluding carboxylic acids is 2. The molecule has 0 aromatic carbocycles. The van der Waals surface area contributed by atoms with Crippen molar-refractivity contribution in [1.29, 1.82) is 0 Å². The van der Waals surface area contributed by atoms with Gasteiger partial charge < -0.3 is 14.8 Å². The van der Waals surface area contributed by atoms with Crippen molar-refractivity contribution in [2.75, 3.05) is 12.9 Å². The monoisotopic (exact) mass is 384 g/mol. The lowest BCUT2D eigenvalue weighted by atomic mass is 10.2. The maximum atomic E-state index is 13.6. The van der Waals surface area contributed by atoms with E-state index in [-0.39, 0.29) is 11.8 Å². The second kappa shape index (κ2) is 8.37. The Morgan fingerprint density at radius 3 is 2.12 bits per heavy atom. The molecule has 140 valence electrons. The van der Waals surface area contributed by atoms with Crippen molar-refractivity contribution < 1.29 is 36.6 Å². The number of nitrogens with zero attached hydrogens (tertiary/aromatic N) is 1. The molecule has 6 nitrogen and oxygen atoms in total. The zero-order valence-corrected chi connectivity index (χ0v) is 14.6. The Labute approximate surface area is 145 Å². The average molecular weight is 384 g/mol. The van der Waals surface area contributed by atoms with Crippen LogP contribution >= 0.6 is 11.8 Å². The molecule has 0 saturated heterocycles. The molecular formula is C14H16F4N2O4S. The number of methoxy groups -OCH3 is 1. The molecule has 0 aliphatic heterocycles. The normalized spacial score (nSPS) is 12.5. The van der Waals surface area contributed by atoms with Gasteiger partial charge in [0.2, 0.25) is 0 Å². The van der Waals surface area contributed by atoms with Gasteiger partial charge in [-0.05, 0) is 20.8 Å². The Morgan fingerprint density at radius 1 is 1.16 bits per heavy atom. The average Bonchev–Trinajstić information content (AvgIpc) is 2.49. The molecule has 0 fully saturated rings. The number of amides is 1. The third-order valence-corrected chi connectivity index (χ3v) is 3.68. The summed E-state index contributed by atoms with van der Waals surface area (Å²) in [5, 5.41) is 2.16. The van der Waals surface area contributed by atoms with Gasteiger partial charge in [-0.2, -0.15) is 13.8 Å². The summed E-state index contributed by atoms with van der Waals surface area (Å²) < 4.78 is 62.7. The Morgan fingerprint density at radius 2 is 1.68 bits per heavy atom. The van der Waals surface area contributed by atoms with Crippen molar-refractivity contribution in [2.24, 2.45) is 0 Å². The van der Waals surface area contributed by atoms with Gasteiger partial charge in [-0.1, -0.05) is 0 Å². The first-order valence-electron chi connectivity index (χ1n) is 6.86. The minimum atomic E-state index is -1.82. The third-order valence-electron chi connectivity index (χ3n) is 2.53. The van der Waals surface area contributed by atoms with Crippen LogP contribution in [-0.4, -0.2) is 41.6 Å². The van der Waals surface area contributed by atoms with Crippen LogP contribution in [0.15, 0.2) is 4.90 Å². The van der Waals surface area contributed by atoms with Crippen LogP contribution < -0.4 is 5.32 Å². The van der Waals surface area contributed by atoms with E-state index in [2.05, 4.69) is 15.0 Å². The molecule has 1 rings (SSSR count). The number of thioether (sulfide) groups is 1. The van der Waals surface area contributed by atoms with Gasteiger partial charge in [-0.3, -0.25) is 0 Å². The summed E-state index contributed by atoms with van der Waals surface area (Å²) in [4.78, 5) is 24.8. The van der Waals surface area contributed by atoms with Gasteiger partial charge in [0.25, 0.3) is 11.9 Å². The highest BCUT2D eigenvalue weighted by atomic mass is 32.2. The summed E-state index contributed by atoms with van der Waals surface area (Å²) >= 11 is 0.273. The number of hydrogen-bond acceptors (Lipinski definition) is 6. The maximum Gasteiger partial charge on any atom is 0.408 e. The van der Waals surface area contributed by atoms with Crippen LogP contribution in [-0.2, 0) is 14.3 Å². The summed E-state index contributed by atoms with van der Waals surface area (Å²) in [7, 11) is 1.03. The van der Waals surface area contributed by atoms with Crippen LogP contribution in [0, 0.1) is 23.5 Å². The molecule has 0 aliphatic carbocycles. The Bertz CT molecular complexity index is 641. The molecular weight excluding hydrogens is 368 g/mol. The van der Waals surface area contributed by atoms with Crippen LogP contribution in [0.25, 0.3) is 0 Å². The molecule has 1 heterocycles. The van der Waals surface area contributed by atoms with E-state index in [1.54, 1.807) is 20.8 Å². The Kier molecular flexibility index (Phi) is 7.03. The molecule has 0 aliphatic rings. The second-order valence-electron chi connectivity index (χ2n) is 5.68. The highest BCUT2D eigenvalue weighted by molar-refractivity contribution is 7.99. The van der Waals surface area contributed by atoms with Crippen LogP contribution in [0.2, 0.25) is 0 Å². The molecule has 25 heavy (non-hydrogen) atoms. The van der Waals surface area contributed by atoms with Gasteiger partial charge >= 0.3 is 12.1 Å². The fourth-order valence-corrected chi connectivity index (χ4v) is 2.50. The predicted molar refractivity (Wildman–Crippen MR) is 80.0 cm³/mol. The van der Waals surface area contributed by atoms with Gasteiger partial charge in [0.15, 0.2) is 11.6 Å². The number of rotatable bonds is 5. The number of pyridine rings is 1. The minimum absolute atomic E-state index is 0.273. The van der Waals surface area contributed by atoms with Crippen LogP contribution in [0.5, 0.6) is 0 Å². The Balaban J connectivity index is 2.91. The summed E-state index contributed by atoms with van der Waals surface area (Å²) in [5.41, 5.74) is -0.854. The highest BCUT2D eigenvalue weighted by Gasteiger charge is 2.28. The van der Waals surface area contributed by atoms with E-state index < -0.39 is 57.9 Å². The molecule has 0 radical (unpaired) electrons. The Hall–Kier alpha value is -2.04. The van der Waals surface area contributed by atoms with E-state index in [1.165, 1.54) is 0 Å². The summed E-state index contributed by atoms with van der Waals surface area (Å²) in [6.45, 7) is 4.76. The quantitative estimate of drug-likeness (QED) is 0.364. The first kappa shape index (κ1) is 21.0. The van der Waals surface area contributed by atoms with Gasteiger partial charge in [0.1, 0.15) is 11.6 Å². The third kappa shape index (κ3) is 6.07. The number of carbonyl (C=O) groups is 2. The van der Waals surface area contributed by atoms with Gasteiger partial charge in [-0.15, -0.1) is 11.8 Å². The van der Waals surface area contributed by atoms with Crippen molar-refractivity contribution in [3.8, 4) is 0 Å². The molecule has 1 aromatic heterocycles. The van der Waals surface area contributed by atoms with E-state index >= 15 is 0 Å². The van der Waals surface area contributed by atoms with E-state index in [0.29, 0.717) is 0 Å². The number of ether oxygens (including phenoxy) is 2. The van der Waals surface area contributed by atoms with E-state index in [1.807, 2.05) is 0 Å². The molecule has 1 N–H and O–H groups in total. The van der Waals surface area contributed by atoms with E-state index in [0.717, 1.165) is 7.11 Å². The van der Waals surface area contributed by atoms with Crippen LogP contribution in [0.1, 0.15) is 20.8 Å². The molecule has 0 bridgehead atoms. The fourth-order valence-electron chi connectivity index (χ4n) is 1.52. The molecule has 0 saturated carbocycles. The summed E-state index contributed by atoms with van der Waals surface area (Å²) in [6.07, 6.45) is -0.975. The van der Waals surface area contributed by atoms with Crippen molar-refractivity contribution in [1.82, 2.24) is 10.3 Å². The van der Waals surface area contributed by atoms with Crippen molar-refractivity contribution in [3.05, 3.63) is 23.5 Å². The van der Waals surface area contributed by atoms with Gasteiger partial charge in [-0.25, -0.2) is 18.4 Å². The molecule has 1 atom stereocenters. The highest BCUT2D eigenvalue weighted by Crippen LogP contribution is 2.28. The van der Waals surface area contributed by atoms with E-state index in [9.17, 15) is 27.2 Å². The van der Waals surface area contributed by atoms with Crippen molar-refractivity contribution in [2.45, 2.75) is 37.3 Å². The number of alkyl carbamates (subject to hydrolysis) is 1. The first-order valence-corrected chi connectivity index (χ1v) is 7.85. The predicted octanol–water partition coefficient (Wildman–Crippen LogP) is 2.80. The van der Waals surface area contributed by atoms with Crippen LogP contribution in [0.4, 0.5) is 22.4 Å². The zero-order chi connectivity index (χ0) is 19.4. The fraction of sp³-hybridized carbons (Fsp3) is 0.500. The van der Waals surface area contributed by atoms with Crippen molar-refractivity contribution >= 4 is 23.8 Å². The smallest absolute Gasteiger partial charge is 0.408 e. The minimum Gasteiger partial charge on any atom is -0.467 e. The zero-order valence-electron chi connectivity index (χ0n) is 13.8. The number of hydrogen-bond donors (Lipinski definition) is 1. The second-order valence-corrected chi connectivity index (χ2v) is 6.71. The summed E-state index contributed by atoms with van der Waals surface area (Å²) in [6, 6.07) is -1.37. The standard InChI is InChI=1S/C14H16F4N2O4S/c1-14(2,3)24-13(22)19-6(12(21)23-4)5-25-9-7(15)10(17)20-11(18)8(9)16/h6H,5H2,1-4H3,(H,19,22)/t6-/m0/s1. The van der Waals surface area contributed by atoms with E-state index in [4.69, 9.17) is 4.74 Å². The number of aromatic nitrogens is 1. The first-order chi connectivity index (χ1) is 11.5. The number of halogens is 4. The topological polar surface area (TPSA) is 77.5 Å². The maximum absolute atomic E-state index is 13.6. The lowest BCUT2D eigenvalue weighted by molar-refractivity contribution is -0.142. The van der Waals surface area contributed by atoms with Gasteiger partial charge in [0, 0.05) is 5.75 Å². The SMILES string of the molecule is COC(=O)[C@H](CSc1c(F)c(F)nc(F)c1F)NC(=O)OC(C)(C)C. The van der Waals surface area contributed by atoms with Crippen molar-refractivity contribution in [3.63, 3.8) is 0 Å². The lowest BCUT2D eigenvalue weighted by Gasteiger charge is -2.22. The molecule has 0 spiro atoms. The number of esters is 1. The molecule has 1 aromatic rings. The lowest BCUT2D eigenvalue weighted by Crippen LogP contribution is -2.45. The molecule has 0 unspecified atom stereocenters. The van der Waals surface area contributed by atoms with Crippen LogP contribution in [0.3, 0.4) is 0 Å². The summed E-state index contributed by atoms with van der Waals surface area (Å²) in [5.74, 6) is -8.46. The molecule has 1 amide bonds. The number of nitrogens with one attached hydrogen (secondary N) is 1.